The number of fused-ring (bicyclic) bond motifs is 1. The van der Waals surface area contributed by atoms with E-state index in [4.69, 9.17) is 9.47 Å². The maximum Gasteiger partial charge on any atom is 0.252 e. The van der Waals surface area contributed by atoms with E-state index in [9.17, 15) is 23.1 Å². The van der Waals surface area contributed by atoms with Crippen LogP contribution in [-0.2, 0) is 37.0 Å². The van der Waals surface area contributed by atoms with Crippen molar-refractivity contribution >= 4 is 21.7 Å². The number of methoxy groups -OCH3 is 1. The van der Waals surface area contributed by atoms with Crippen molar-refractivity contribution in [1.82, 2.24) is 21.1 Å². The molecular weight excluding hydrogens is 596 g/mol. The molecule has 0 saturated heterocycles. The molecule has 1 aliphatic rings. The van der Waals surface area contributed by atoms with E-state index in [-0.39, 0.29) is 42.7 Å². The summed E-state index contributed by atoms with van der Waals surface area (Å²) in [5.41, 5.74) is 4.03. The highest BCUT2D eigenvalue weighted by Gasteiger charge is 2.36. The maximum atomic E-state index is 13.8. The number of ether oxygens (including phenoxy) is 2. The zero-order valence-electron chi connectivity index (χ0n) is 27.3. The van der Waals surface area contributed by atoms with Crippen LogP contribution in [0.5, 0.6) is 5.75 Å². The SMILES string of the molecule is COCCNCC(=O)NN(C(=O)CC(C)(C)C)[C@@H](Cc1ccccc1)[C@H](O)CNC(C(C)C)S(=O)(=O)c1ccc2c(c1)CCO2. The number of hydrogen-bond donors (Lipinski definition) is 4. The number of amides is 2. The molecule has 0 fully saturated rings. The molecule has 0 aromatic heterocycles. The molecule has 0 spiro atoms. The molecule has 1 heterocycles. The molecule has 0 radical (unpaired) electrons. The van der Waals surface area contributed by atoms with E-state index in [2.05, 4.69) is 16.1 Å². The summed E-state index contributed by atoms with van der Waals surface area (Å²) in [4.78, 5) is 26.9. The van der Waals surface area contributed by atoms with E-state index < -0.39 is 38.7 Å². The highest BCUT2D eigenvalue weighted by Crippen LogP contribution is 2.30. The molecule has 45 heavy (non-hydrogen) atoms. The van der Waals surface area contributed by atoms with Gasteiger partial charge in [0.2, 0.25) is 5.91 Å². The first-order chi connectivity index (χ1) is 21.2. The number of nitrogens with one attached hydrogen (secondary N) is 3. The van der Waals surface area contributed by atoms with Gasteiger partial charge in [-0.1, -0.05) is 65.0 Å². The zero-order valence-corrected chi connectivity index (χ0v) is 28.2. The largest absolute Gasteiger partial charge is 0.493 e. The number of sulfone groups is 1. The minimum Gasteiger partial charge on any atom is -0.493 e. The Bertz CT molecular complexity index is 1360. The van der Waals surface area contributed by atoms with Crippen LogP contribution < -0.4 is 20.8 Å². The first-order valence-electron chi connectivity index (χ1n) is 15.5. The minimum atomic E-state index is -3.84. The summed E-state index contributed by atoms with van der Waals surface area (Å²) in [6.45, 7) is 10.5. The van der Waals surface area contributed by atoms with Gasteiger partial charge in [0, 0.05) is 33.0 Å². The summed E-state index contributed by atoms with van der Waals surface area (Å²) in [5, 5.41) is 18.0. The number of aliphatic hydroxyl groups excluding tert-OH is 1. The molecule has 2 aromatic rings. The van der Waals surface area contributed by atoms with Gasteiger partial charge in [-0.05, 0) is 47.1 Å². The standard InChI is InChI=1S/C33H50N4O7S/c1-23(2)32(45(41,42)26-12-13-29-25(19-26)14-16-44-29)35-21-28(38)27(18-24-10-8-7-9-11-24)37(31(40)20-33(3,4)5)36-30(39)22-34-15-17-43-6/h7-13,19,23,27-28,32,34-35,38H,14-18,20-22H2,1-6H3,(H,36,39)/t27-,28+,32?/m0/s1. The Balaban J connectivity index is 1.88. The monoisotopic (exact) mass is 646 g/mol. The van der Waals surface area contributed by atoms with Gasteiger partial charge in [-0.15, -0.1) is 0 Å². The second kappa shape index (κ2) is 16.5. The summed E-state index contributed by atoms with van der Waals surface area (Å²) in [6, 6.07) is 13.4. The van der Waals surface area contributed by atoms with Crippen molar-refractivity contribution in [3.05, 3.63) is 59.7 Å². The van der Waals surface area contributed by atoms with E-state index in [0.717, 1.165) is 11.1 Å². The topological polar surface area (TPSA) is 146 Å². The molecule has 2 amide bonds. The molecule has 250 valence electrons. The Hall–Kier alpha value is -3.03. The third-order valence-electron chi connectivity index (χ3n) is 7.48. The van der Waals surface area contributed by atoms with E-state index >= 15 is 0 Å². The van der Waals surface area contributed by atoms with Crippen molar-refractivity contribution < 1.29 is 32.6 Å². The van der Waals surface area contributed by atoms with Crippen LogP contribution in [0.3, 0.4) is 0 Å². The molecule has 1 aliphatic heterocycles. The fourth-order valence-electron chi connectivity index (χ4n) is 5.24. The van der Waals surface area contributed by atoms with Crippen LogP contribution in [0.4, 0.5) is 0 Å². The fraction of sp³-hybridized carbons (Fsp3) is 0.576. The average molecular weight is 647 g/mol. The van der Waals surface area contributed by atoms with Crippen molar-refractivity contribution in [2.45, 2.75) is 76.3 Å². The molecule has 0 aliphatic carbocycles. The minimum absolute atomic E-state index is 0.0610. The highest BCUT2D eigenvalue weighted by atomic mass is 32.2. The van der Waals surface area contributed by atoms with E-state index in [0.29, 0.717) is 31.9 Å². The third kappa shape index (κ3) is 10.8. The Morgan fingerprint density at radius 1 is 1.11 bits per heavy atom. The molecule has 12 heteroatoms. The molecule has 0 saturated carbocycles. The molecule has 0 bridgehead atoms. The quantitative estimate of drug-likeness (QED) is 0.160. The Morgan fingerprint density at radius 2 is 1.82 bits per heavy atom. The number of nitrogens with zero attached hydrogens (tertiary/aromatic N) is 1. The number of carbonyl (C=O) groups is 2. The van der Waals surface area contributed by atoms with Crippen molar-refractivity contribution in [1.29, 1.82) is 0 Å². The molecule has 3 rings (SSSR count). The predicted molar refractivity (Wildman–Crippen MR) is 173 cm³/mol. The molecule has 3 atom stereocenters. The lowest BCUT2D eigenvalue weighted by atomic mass is 9.91. The van der Waals surface area contributed by atoms with Crippen LogP contribution in [0.2, 0.25) is 0 Å². The van der Waals surface area contributed by atoms with Crippen LogP contribution >= 0.6 is 0 Å². The van der Waals surface area contributed by atoms with Crippen LogP contribution in [0, 0.1) is 11.3 Å². The van der Waals surface area contributed by atoms with Gasteiger partial charge in [0.25, 0.3) is 5.91 Å². The Kier molecular flexibility index (Phi) is 13.4. The second-order valence-electron chi connectivity index (χ2n) is 13.0. The van der Waals surface area contributed by atoms with Gasteiger partial charge in [0.15, 0.2) is 9.84 Å². The molecular formula is C33H50N4O7S. The third-order valence-corrected chi connectivity index (χ3v) is 9.78. The van der Waals surface area contributed by atoms with Crippen LogP contribution in [0.15, 0.2) is 53.4 Å². The first-order valence-corrected chi connectivity index (χ1v) is 17.0. The van der Waals surface area contributed by atoms with Crippen molar-refractivity contribution in [2.75, 3.05) is 40.0 Å². The normalized spacial score (nSPS) is 15.2. The van der Waals surface area contributed by atoms with Crippen molar-refractivity contribution in [2.24, 2.45) is 11.3 Å². The van der Waals surface area contributed by atoms with Crippen LogP contribution in [0.25, 0.3) is 0 Å². The molecule has 4 N–H and O–H groups in total. The lowest BCUT2D eigenvalue weighted by Crippen LogP contribution is -2.60. The number of hydrogen-bond acceptors (Lipinski definition) is 9. The molecule has 11 nitrogen and oxygen atoms in total. The lowest BCUT2D eigenvalue weighted by Gasteiger charge is -2.37. The number of hydrazine groups is 1. The predicted octanol–water partition coefficient (Wildman–Crippen LogP) is 2.47. The fourth-order valence-corrected chi connectivity index (χ4v) is 7.13. The smallest absolute Gasteiger partial charge is 0.252 e. The lowest BCUT2D eigenvalue weighted by molar-refractivity contribution is -0.149. The number of benzene rings is 2. The Labute approximate surface area is 267 Å². The van der Waals surface area contributed by atoms with Crippen molar-refractivity contribution in [3.63, 3.8) is 0 Å². The average Bonchev–Trinajstić information content (AvgIpc) is 3.45. The Morgan fingerprint density at radius 3 is 2.47 bits per heavy atom. The zero-order chi connectivity index (χ0) is 33.2. The summed E-state index contributed by atoms with van der Waals surface area (Å²) in [5.74, 6) is -0.454. The first kappa shape index (κ1) is 36.4. The number of rotatable bonds is 16. The van der Waals surface area contributed by atoms with Gasteiger partial charge < -0.3 is 19.9 Å². The van der Waals surface area contributed by atoms with E-state index in [1.54, 1.807) is 39.2 Å². The van der Waals surface area contributed by atoms with Crippen LogP contribution in [0.1, 0.15) is 52.2 Å². The van der Waals surface area contributed by atoms with Crippen LogP contribution in [-0.4, -0.2) is 87.8 Å². The van der Waals surface area contributed by atoms with Gasteiger partial charge in [-0.3, -0.25) is 20.3 Å². The van der Waals surface area contributed by atoms with E-state index in [1.807, 2.05) is 51.1 Å². The summed E-state index contributed by atoms with van der Waals surface area (Å²) in [7, 11) is -2.28. The molecule has 1 unspecified atom stereocenters. The van der Waals surface area contributed by atoms with Gasteiger partial charge in [0.1, 0.15) is 11.1 Å². The summed E-state index contributed by atoms with van der Waals surface area (Å²) >= 11 is 0. The maximum absolute atomic E-state index is 13.8. The van der Waals surface area contributed by atoms with Gasteiger partial charge in [-0.25, -0.2) is 13.4 Å². The van der Waals surface area contributed by atoms with E-state index in [1.165, 1.54) is 5.01 Å². The summed E-state index contributed by atoms with van der Waals surface area (Å²) < 4.78 is 38.2. The van der Waals surface area contributed by atoms with Gasteiger partial charge >= 0.3 is 0 Å². The highest BCUT2D eigenvalue weighted by molar-refractivity contribution is 7.92. The van der Waals surface area contributed by atoms with Gasteiger partial charge in [0.05, 0.1) is 36.8 Å². The number of aliphatic hydroxyl groups is 1. The summed E-state index contributed by atoms with van der Waals surface area (Å²) in [6.07, 6.45) is -0.257. The number of carbonyl (C=O) groups excluding carboxylic acids is 2. The van der Waals surface area contributed by atoms with Crippen molar-refractivity contribution in [3.8, 4) is 5.75 Å². The molecule has 2 aromatic carbocycles. The van der Waals surface area contributed by atoms with Gasteiger partial charge in [-0.2, -0.15) is 0 Å². The second-order valence-corrected chi connectivity index (χ2v) is 15.1.